The summed E-state index contributed by atoms with van der Waals surface area (Å²) in [5, 5.41) is 2.90. The minimum absolute atomic E-state index is 0.205. The second-order valence-electron chi connectivity index (χ2n) is 4.93. The summed E-state index contributed by atoms with van der Waals surface area (Å²) in [6, 6.07) is 11.5. The van der Waals surface area contributed by atoms with E-state index in [1.807, 2.05) is 54.6 Å². The Balaban J connectivity index is 1.92. The zero-order valence-electron chi connectivity index (χ0n) is 11.7. The first-order valence-corrected chi connectivity index (χ1v) is 7.36. The van der Waals surface area contributed by atoms with Crippen molar-refractivity contribution in [3.05, 3.63) is 64.0 Å². The quantitative estimate of drug-likeness (QED) is 0.765. The standard InChI is InChI=1S/C16H14BrN3O/c1-10-8-12(17)6-7-13(10)19-16(21)14-9-20-11(2)4-3-5-15(20)18-14/h3-9H,1-2H3,(H,19,21). The molecule has 0 aliphatic rings. The lowest BCUT2D eigenvalue weighted by atomic mass is 10.2. The Morgan fingerprint density at radius 2 is 2.05 bits per heavy atom. The van der Waals surface area contributed by atoms with Crippen LogP contribution in [0.5, 0.6) is 0 Å². The van der Waals surface area contributed by atoms with Gasteiger partial charge in [-0.25, -0.2) is 4.98 Å². The lowest BCUT2D eigenvalue weighted by Crippen LogP contribution is -2.13. The molecule has 1 amide bonds. The number of carbonyl (C=O) groups excluding carboxylic acids is 1. The molecule has 0 saturated heterocycles. The second kappa shape index (κ2) is 5.33. The molecule has 2 aromatic heterocycles. The number of pyridine rings is 1. The summed E-state index contributed by atoms with van der Waals surface area (Å²) < 4.78 is 2.89. The molecule has 3 aromatic rings. The van der Waals surface area contributed by atoms with Crippen molar-refractivity contribution in [1.82, 2.24) is 9.38 Å². The first-order valence-electron chi connectivity index (χ1n) is 6.57. The zero-order valence-corrected chi connectivity index (χ0v) is 13.3. The Hall–Kier alpha value is -2.14. The fourth-order valence-electron chi connectivity index (χ4n) is 2.21. The van der Waals surface area contributed by atoms with E-state index >= 15 is 0 Å². The maximum absolute atomic E-state index is 12.3. The Bertz CT molecular complexity index is 839. The number of halogens is 1. The van der Waals surface area contributed by atoms with Crippen LogP contribution in [0.1, 0.15) is 21.7 Å². The van der Waals surface area contributed by atoms with E-state index in [1.54, 1.807) is 6.20 Å². The number of rotatable bonds is 2. The number of benzene rings is 1. The van der Waals surface area contributed by atoms with Crippen molar-refractivity contribution in [2.45, 2.75) is 13.8 Å². The molecule has 4 nitrogen and oxygen atoms in total. The molecule has 3 rings (SSSR count). The number of hydrogen-bond donors (Lipinski definition) is 1. The van der Waals surface area contributed by atoms with Gasteiger partial charge in [0.1, 0.15) is 11.3 Å². The van der Waals surface area contributed by atoms with Gasteiger partial charge in [0, 0.05) is 22.1 Å². The van der Waals surface area contributed by atoms with Gasteiger partial charge >= 0.3 is 0 Å². The minimum Gasteiger partial charge on any atom is -0.320 e. The van der Waals surface area contributed by atoms with Crippen LogP contribution in [0.25, 0.3) is 5.65 Å². The molecule has 0 aliphatic carbocycles. The molecule has 21 heavy (non-hydrogen) atoms. The van der Waals surface area contributed by atoms with Crippen LogP contribution in [0.4, 0.5) is 5.69 Å². The lowest BCUT2D eigenvalue weighted by Gasteiger charge is -2.07. The Kier molecular flexibility index (Phi) is 3.51. The molecule has 0 aliphatic heterocycles. The monoisotopic (exact) mass is 343 g/mol. The average Bonchev–Trinajstić information content (AvgIpc) is 2.87. The molecule has 0 saturated carbocycles. The molecular weight excluding hydrogens is 330 g/mol. The Morgan fingerprint density at radius 1 is 1.24 bits per heavy atom. The number of nitrogens with one attached hydrogen (secondary N) is 1. The summed E-state index contributed by atoms with van der Waals surface area (Å²) in [6.45, 7) is 3.93. The minimum atomic E-state index is -0.205. The van der Waals surface area contributed by atoms with Gasteiger partial charge in [-0.05, 0) is 49.7 Å². The number of hydrogen-bond acceptors (Lipinski definition) is 2. The number of carbonyl (C=O) groups is 1. The number of imidazole rings is 1. The summed E-state index contributed by atoms with van der Waals surface area (Å²) in [7, 11) is 0. The van der Waals surface area contributed by atoms with Gasteiger partial charge in [0.05, 0.1) is 0 Å². The lowest BCUT2D eigenvalue weighted by molar-refractivity contribution is 0.102. The van der Waals surface area contributed by atoms with Crippen molar-refractivity contribution in [3.63, 3.8) is 0 Å². The van der Waals surface area contributed by atoms with Crippen molar-refractivity contribution in [1.29, 1.82) is 0 Å². The Labute approximate surface area is 131 Å². The van der Waals surface area contributed by atoms with Crippen molar-refractivity contribution >= 4 is 33.2 Å². The van der Waals surface area contributed by atoms with Crippen LogP contribution in [0.2, 0.25) is 0 Å². The molecule has 0 bridgehead atoms. The number of anilines is 1. The first kappa shape index (κ1) is 13.8. The summed E-state index contributed by atoms with van der Waals surface area (Å²) in [4.78, 5) is 16.7. The van der Waals surface area contributed by atoms with Crippen molar-refractivity contribution in [3.8, 4) is 0 Å². The highest BCUT2D eigenvalue weighted by atomic mass is 79.9. The van der Waals surface area contributed by atoms with Gasteiger partial charge < -0.3 is 9.72 Å². The maximum atomic E-state index is 12.3. The van der Waals surface area contributed by atoms with Gasteiger partial charge in [-0.1, -0.05) is 22.0 Å². The van der Waals surface area contributed by atoms with Crippen LogP contribution in [0.3, 0.4) is 0 Å². The third-order valence-electron chi connectivity index (χ3n) is 3.37. The Morgan fingerprint density at radius 3 is 2.76 bits per heavy atom. The molecule has 1 aromatic carbocycles. The predicted molar refractivity (Wildman–Crippen MR) is 86.8 cm³/mol. The SMILES string of the molecule is Cc1cc(Br)ccc1NC(=O)c1cn2c(C)cccc2n1. The van der Waals surface area contributed by atoms with Crippen LogP contribution < -0.4 is 5.32 Å². The molecule has 0 radical (unpaired) electrons. The van der Waals surface area contributed by atoms with Crippen molar-refractivity contribution < 1.29 is 4.79 Å². The van der Waals surface area contributed by atoms with E-state index in [2.05, 4.69) is 26.2 Å². The largest absolute Gasteiger partial charge is 0.320 e. The normalized spacial score (nSPS) is 10.8. The van der Waals surface area contributed by atoms with E-state index in [0.717, 1.165) is 27.1 Å². The number of nitrogens with zero attached hydrogens (tertiary/aromatic N) is 2. The highest BCUT2D eigenvalue weighted by Crippen LogP contribution is 2.20. The number of aryl methyl sites for hydroxylation is 2. The molecule has 0 atom stereocenters. The van der Waals surface area contributed by atoms with Gasteiger partial charge in [-0.2, -0.15) is 0 Å². The van der Waals surface area contributed by atoms with Crippen LogP contribution >= 0.6 is 15.9 Å². The van der Waals surface area contributed by atoms with E-state index in [0.29, 0.717) is 5.69 Å². The smallest absolute Gasteiger partial charge is 0.275 e. The van der Waals surface area contributed by atoms with Crippen LogP contribution in [-0.4, -0.2) is 15.3 Å². The van der Waals surface area contributed by atoms with Gasteiger partial charge in [0.25, 0.3) is 5.91 Å². The molecule has 2 heterocycles. The van der Waals surface area contributed by atoms with Gasteiger partial charge in [0.2, 0.25) is 0 Å². The van der Waals surface area contributed by atoms with Crippen LogP contribution in [0, 0.1) is 13.8 Å². The molecule has 106 valence electrons. The predicted octanol–water partition coefficient (Wildman–Crippen LogP) is 3.97. The van der Waals surface area contributed by atoms with Gasteiger partial charge in [-0.3, -0.25) is 4.79 Å². The van der Waals surface area contributed by atoms with Crippen molar-refractivity contribution in [2.24, 2.45) is 0 Å². The van der Waals surface area contributed by atoms with E-state index in [-0.39, 0.29) is 5.91 Å². The maximum Gasteiger partial charge on any atom is 0.275 e. The summed E-state index contributed by atoms with van der Waals surface area (Å²) >= 11 is 3.41. The van der Waals surface area contributed by atoms with Gasteiger partial charge in [0.15, 0.2) is 0 Å². The second-order valence-corrected chi connectivity index (χ2v) is 5.85. The summed E-state index contributed by atoms with van der Waals surface area (Å²) in [5.41, 5.74) is 4.01. The third kappa shape index (κ3) is 2.69. The number of aromatic nitrogens is 2. The summed E-state index contributed by atoms with van der Waals surface area (Å²) in [6.07, 6.45) is 1.76. The van der Waals surface area contributed by atoms with E-state index in [9.17, 15) is 4.79 Å². The van der Waals surface area contributed by atoms with Crippen molar-refractivity contribution in [2.75, 3.05) is 5.32 Å². The number of fused-ring (bicyclic) bond motifs is 1. The molecule has 1 N–H and O–H groups in total. The zero-order chi connectivity index (χ0) is 15.0. The topological polar surface area (TPSA) is 46.4 Å². The molecule has 0 unspecified atom stereocenters. The highest BCUT2D eigenvalue weighted by Gasteiger charge is 2.12. The molecule has 5 heteroatoms. The molecule has 0 spiro atoms. The highest BCUT2D eigenvalue weighted by molar-refractivity contribution is 9.10. The van der Waals surface area contributed by atoms with Crippen LogP contribution in [-0.2, 0) is 0 Å². The fourth-order valence-corrected chi connectivity index (χ4v) is 2.69. The number of amides is 1. The molecular formula is C16H14BrN3O. The third-order valence-corrected chi connectivity index (χ3v) is 3.86. The van der Waals surface area contributed by atoms with Gasteiger partial charge in [-0.15, -0.1) is 0 Å². The van der Waals surface area contributed by atoms with Crippen LogP contribution in [0.15, 0.2) is 47.1 Å². The molecule has 0 fully saturated rings. The fraction of sp³-hybridized carbons (Fsp3) is 0.125. The first-order chi connectivity index (χ1) is 10.0. The van der Waals surface area contributed by atoms with E-state index in [1.165, 1.54) is 0 Å². The van der Waals surface area contributed by atoms with E-state index < -0.39 is 0 Å². The summed E-state index contributed by atoms with van der Waals surface area (Å²) in [5.74, 6) is -0.205. The average molecular weight is 344 g/mol. The van der Waals surface area contributed by atoms with E-state index in [4.69, 9.17) is 0 Å².